The van der Waals surface area contributed by atoms with Gasteiger partial charge in [0.1, 0.15) is 0 Å². The van der Waals surface area contributed by atoms with Crippen molar-refractivity contribution in [3.63, 3.8) is 0 Å². The number of aliphatic carboxylic acids is 1. The summed E-state index contributed by atoms with van der Waals surface area (Å²) >= 11 is 1.52. The molecule has 104 valence electrons. The van der Waals surface area contributed by atoms with Crippen LogP contribution in [0.5, 0.6) is 0 Å². The second kappa shape index (κ2) is 6.99. The van der Waals surface area contributed by atoms with Crippen LogP contribution in [0.4, 0.5) is 0 Å². The maximum Gasteiger partial charge on any atom is 0.303 e. The summed E-state index contributed by atoms with van der Waals surface area (Å²) in [5.74, 6) is 0.378. The molecular weight excluding hydrogens is 254 g/mol. The van der Waals surface area contributed by atoms with Crippen molar-refractivity contribution in [2.45, 2.75) is 32.2 Å². The Balaban J connectivity index is 2.14. The Kier molecular flexibility index (Phi) is 5.95. The van der Waals surface area contributed by atoms with E-state index in [1.165, 1.54) is 11.8 Å². The van der Waals surface area contributed by atoms with Gasteiger partial charge in [0.15, 0.2) is 0 Å². The third-order valence-corrected chi connectivity index (χ3v) is 4.23. The van der Waals surface area contributed by atoms with Gasteiger partial charge in [0, 0.05) is 13.2 Å². The molecule has 1 amide bonds. The lowest BCUT2D eigenvalue weighted by Gasteiger charge is -2.14. The molecule has 6 heteroatoms. The Morgan fingerprint density at radius 3 is 2.67 bits per heavy atom. The summed E-state index contributed by atoms with van der Waals surface area (Å²) in [5.41, 5.74) is -0.0467. The Morgan fingerprint density at radius 1 is 1.50 bits per heavy atom. The molecule has 1 saturated carbocycles. The van der Waals surface area contributed by atoms with Crippen LogP contribution in [0, 0.1) is 5.41 Å². The zero-order chi connectivity index (χ0) is 13.6. The SMILES string of the molecule is COCC(C)NC(=O)CSCC1(CC(=O)O)CC1. The molecule has 0 heterocycles. The monoisotopic (exact) mass is 275 g/mol. The van der Waals surface area contributed by atoms with Gasteiger partial charge in [-0.3, -0.25) is 9.59 Å². The number of rotatable bonds is 9. The number of ether oxygens (including phenoxy) is 1. The van der Waals surface area contributed by atoms with Crippen molar-refractivity contribution in [1.29, 1.82) is 0 Å². The van der Waals surface area contributed by atoms with E-state index in [-0.39, 0.29) is 23.8 Å². The lowest BCUT2D eigenvalue weighted by molar-refractivity contribution is -0.138. The molecule has 1 fully saturated rings. The van der Waals surface area contributed by atoms with Gasteiger partial charge in [0.25, 0.3) is 0 Å². The number of carbonyl (C=O) groups is 2. The quantitative estimate of drug-likeness (QED) is 0.659. The lowest BCUT2D eigenvalue weighted by Crippen LogP contribution is -2.36. The summed E-state index contributed by atoms with van der Waals surface area (Å²) in [7, 11) is 1.60. The fourth-order valence-electron chi connectivity index (χ4n) is 1.84. The van der Waals surface area contributed by atoms with E-state index < -0.39 is 5.97 Å². The van der Waals surface area contributed by atoms with Gasteiger partial charge in [-0.15, -0.1) is 0 Å². The molecule has 1 rings (SSSR count). The van der Waals surface area contributed by atoms with E-state index in [9.17, 15) is 9.59 Å². The fourth-order valence-corrected chi connectivity index (χ4v) is 3.03. The molecule has 0 radical (unpaired) electrons. The number of amides is 1. The van der Waals surface area contributed by atoms with E-state index in [4.69, 9.17) is 9.84 Å². The van der Waals surface area contributed by atoms with Crippen LogP contribution in [0.1, 0.15) is 26.2 Å². The highest BCUT2D eigenvalue weighted by Gasteiger charge is 2.44. The topological polar surface area (TPSA) is 75.6 Å². The van der Waals surface area contributed by atoms with Crippen LogP contribution >= 0.6 is 11.8 Å². The average molecular weight is 275 g/mol. The number of nitrogens with one attached hydrogen (secondary N) is 1. The molecule has 5 nitrogen and oxygen atoms in total. The summed E-state index contributed by atoms with van der Waals surface area (Å²) in [6.45, 7) is 2.39. The molecule has 0 aromatic heterocycles. The standard InChI is InChI=1S/C12H21NO4S/c1-9(6-17-2)13-10(14)7-18-8-12(3-4-12)5-11(15)16/h9H,3-8H2,1-2H3,(H,13,14)(H,15,16). The van der Waals surface area contributed by atoms with Gasteiger partial charge in [-0.05, 0) is 30.9 Å². The highest BCUT2D eigenvalue weighted by molar-refractivity contribution is 7.99. The molecule has 18 heavy (non-hydrogen) atoms. The van der Waals surface area contributed by atoms with Crippen LogP contribution in [0.15, 0.2) is 0 Å². The zero-order valence-electron chi connectivity index (χ0n) is 10.9. The second-order valence-electron chi connectivity index (χ2n) is 4.99. The molecular formula is C12H21NO4S. The Bertz CT molecular complexity index is 304. The lowest BCUT2D eigenvalue weighted by atomic mass is 10.1. The van der Waals surface area contributed by atoms with E-state index in [1.807, 2.05) is 6.92 Å². The van der Waals surface area contributed by atoms with Crippen molar-refractivity contribution in [2.24, 2.45) is 5.41 Å². The van der Waals surface area contributed by atoms with E-state index in [0.717, 1.165) is 18.6 Å². The van der Waals surface area contributed by atoms with Gasteiger partial charge >= 0.3 is 5.97 Å². The maximum atomic E-state index is 11.6. The molecule has 1 aliphatic rings. The van der Waals surface area contributed by atoms with Crippen LogP contribution in [0.3, 0.4) is 0 Å². The van der Waals surface area contributed by atoms with E-state index >= 15 is 0 Å². The molecule has 0 bridgehead atoms. The zero-order valence-corrected chi connectivity index (χ0v) is 11.7. The largest absolute Gasteiger partial charge is 0.481 e. The Labute approximate surface area is 112 Å². The molecule has 0 aromatic carbocycles. The highest BCUT2D eigenvalue weighted by atomic mass is 32.2. The van der Waals surface area contributed by atoms with Crippen molar-refractivity contribution < 1.29 is 19.4 Å². The molecule has 1 aliphatic carbocycles. The summed E-state index contributed by atoms with van der Waals surface area (Å²) < 4.78 is 4.93. The minimum atomic E-state index is -0.744. The van der Waals surface area contributed by atoms with Gasteiger partial charge in [0.2, 0.25) is 5.91 Å². The van der Waals surface area contributed by atoms with Crippen LogP contribution in [-0.2, 0) is 14.3 Å². The first-order valence-corrected chi connectivity index (χ1v) is 7.21. The predicted octanol–water partition coefficient (Wildman–Crippen LogP) is 1.13. The number of hydrogen-bond acceptors (Lipinski definition) is 4. The van der Waals surface area contributed by atoms with Crippen LogP contribution in [-0.4, -0.2) is 48.2 Å². The molecule has 1 unspecified atom stereocenters. The summed E-state index contributed by atoms with van der Waals surface area (Å²) in [6, 6.07) is 0.0111. The molecule has 0 saturated heterocycles. The highest BCUT2D eigenvalue weighted by Crippen LogP contribution is 2.50. The van der Waals surface area contributed by atoms with E-state index in [2.05, 4.69) is 5.32 Å². The Morgan fingerprint density at radius 2 is 2.17 bits per heavy atom. The first-order valence-electron chi connectivity index (χ1n) is 6.05. The van der Waals surface area contributed by atoms with Crippen molar-refractivity contribution in [2.75, 3.05) is 25.2 Å². The van der Waals surface area contributed by atoms with Crippen molar-refractivity contribution >= 4 is 23.6 Å². The smallest absolute Gasteiger partial charge is 0.303 e. The van der Waals surface area contributed by atoms with Crippen molar-refractivity contribution in [3.8, 4) is 0 Å². The van der Waals surface area contributed by atoms with E-state index in [0.29, 0.717) is 12.4 Å². The minimum Gasteiger partial charge on any atom is -0.481 e. The Hall–Kier alpha value is -0.750. The number of carboxylic acids is 1. The number of carbonyl (C=O) groups excluding carboxylic acids is 1. The summed E-state index contributed by atoms with van der Waals surface area (Å²) in [4.78, 5) is 22.2. The number of thioether (sulfide) groups is 1. The average Bonchev–Trinajstić information content (AvgIpc) is 2.96. The third kappa shape index (κ3) is 5.73. The van der Waals surface area contributed by atoms with Gasteiger partial charge in [-0.25, -0.2) is 0 Å². The second-order valence-corrected chi connectivity index (χ2v) is 5.97. The predicted molar refractivity (Wildman–Crippen MR) is 70.7 cm³/mol. The minimum absolute atomic E-state index is 0.0111. The number of hydrogen-bond donors (Lipinski definition) is 2. The normalized spacial score (nSPS) is 18.1. The van der Waals surface area contributed by atoms with E-state index in [1.54, 1.807) is 7.11 Å². The van der Waals surface area contributed by atoms with Gasteiger partial charge in [-0.1, -0.05) is 0 Å². The van der Waals surface area contributed by atoms with Gasteiger partial charge < -0.3 is 15.2 Å². The van der Waals surface area contributed by atoms with Crippen LogP contribution < -0.4 is 5.32 Å². The first-order chi connectivity index (χ1) is 8.47. The number of carboxylic acid groups (broad SMARTS) is 1. The molecule has 2 N–H and O–H groups in total. The molecule has 0 spiro atoms. The molecule has 0 aliphatic heterocycles. The first kappa shape index (κ1) is 15.3. The van der Waals surface area contributed by atoms with Crippen LogP contribution in [0.2, 0.25) is 0 Å². The molecule has 1 atom stereocenters. The summed E-state index contributed by atoms with van der Waals surface area (Å²) in [5, 5.41) is 11.6. The van der Waals surface area contributed by atoms with Crippen molar-refractivity contribution in [1.82, 2.24) is 5.32 Å². The van der Waals surface area contributed by atoms with Crippen molar-refractivity contribution in [3.05, 3.63) is 0 Å². The van der Waals surface area contributed by atoms with Crippen LogP contribution in [0.25, 0.3) is 0 Å². The van der Waals surface area contributed by atoms with Gasteiger partial charge in [0.05, 0.1) is 18.8 Å². The number of methoxy groups -OCH3 is 1. The third-order valence-electron chi connectivity index (χ3n) is 2.95. The molecule has 0 aromatic rings. The summed E-state index contributed by atoms with van der Waals surface area (Å²) in [6.07, 6.45) is 2.16. The fraction of sp³-hybridized carbons (Fsp3) is 0.833. The maximum absolute atomic E-state index is 11.6. The van der Waals surface area contributed by atoms with Gasteiger partial charge in [-0.2, -0.15) is 11.8 Å².